The summed E-state index contributed by atoms with van der Waals surface area (Å²) in [6.07, 6.45) is 11.8. The molecule has 3 heteroatoms. The Kier molecular flexibility index (Phi) is 4.34. The molecule has 4 saturated carbocycles. The van der Waals surface area contributed by atoms with Gasteiger partial charge < -0.3 is 9.47 Å². The van der Waals surface area contributed by atoms with Gasteiger partial charge in [-0.1, -0.05) is 20.8 Å². The molecule has 1 aliphatic heterocycles. The van der Waals surface area contributed by atoms with Crippen molar-refractivity contribution in [1.29, 1.82) is 0 Å². The average molecular weight is 375 g/mol. The Morgan fingerprint density at radius 2 is 1.67 bits per heavy atom. The summed E-state index contributed by atoms with van der Waals surface area (Å²) in [5.74, 6) is 3.59. The predicted molar refractivity (Wildman–Crippen MR) is 105 cm³/mol. The monoisotopic (exact) mass is 374 g/mol. The van der Waals surface area contributed by atoms with Crippen LogP contribution >= 0.6 is 0 Å². The van der Waals surface area contributed by atoms with Gasteiger partial charge in [0, 0.05) is 24.2 Å². The molecule has 0 N–H and O–H groups in total. The van der Waals surface area contributed by atoms with Crippen molar-refractivity contribution < 1.29 is 14.3 Å². The second-order valence-corrected chi connectivity index (χ2v) is 10.9. The maximum Gasteiger partial charge on any atom is 0.174 e. The lowest BCUT2D eigenvalue weighted by atomic mass is 9.46. The van der Waals surface area contributed by atoms with E-state index < -0.39 is 0 Å². The Morgan fingerprint density at radius 1 is 0.926 bits per heavy atom. The third-order valence-corrected chi connectivity index (χ3v) is 10.3. The molecule has 0 amide bonds. The van der Waals surface area contributed by atoms with Crippen molar-refractivity contribution in [2.24, 2.45) is 40.4 Å². The molecule has 4 aliphatic carbocycles. The van der Waals surface area contributed by atoms with Crippen LogP contribution in [0, 0.1) is 40.4 Å². The molecule has 1 saturated heterocycles. The van der Waals surface area contributed by atoms with Gasteiger partial charge in [-0.3, -0.25) is 4.79 Å². The van der Waals surface area contributed by atoms with Crippen LogP contribution in [0.5, 0.6) is 0 Å². The SMILES string of the molecule is CCC1CC[C@@]2(C)[C@@H](CC[C@@H]3[C@@H]2CC[C@@]2(C)[C@H]3CCC23OCCO3)CC1=O. The highest BCUT2D eigenvalue weighted by molar-refractivity contribution is 5.81. The van der Waals surface area contributed by atoms with E-state index in [1.807, 2.05) is 0 Å². The molecule has 152 valence electrons. The lowest BCUT2D eigenvalue weighted by Crippen LogP contribution is -2.55. The standard InChI is InChI=1S/C24H38O3/c1-4-16-7-10-22(2)17(15-21(16)25)5-6-18-19(22)8-11-23(3)20(18)9-12-24(23)26-13-14-27-24/h16-20H,4-15H2,1-3H3/t16?,17-,18+,19-,20-,22-,23-/m0/s1. The smallest absolute Gasteiger partial charge is 0.174 e. The molecule has 3 nitrogen and oxygen atoms in total. The zero-order valence-electron chi connectivity index (χ0n) is 17.6. The quantitative estimate of drug-likeness (QED) is 0.619. The second-order valence-electron chi connectivity index (χ2n) is 10.9. The number of carbonyl (C=O) groups is 1. The van der Waals surface area contributed by atoms with Crippen LogP contribution in [0.4, 0.5) is 0 Å². The zero-order chi connectivity index (χ0) is 18.9. The summed E-state index contributed by atoms with van der Waals surface area (Å²) in [6, 6.07) is 0. The van der Waals surface area contributed by atoms with Crippen molar-refractivity contribution in [3.8, 4) is 0 Å². The first-order valence-corrected chi connectivity index (χ1v) is 11.7. The molecule has 27 heavy (non-hydrogen) atoms. The summed E-state index contributed by atoms with van der Waals surface area (Å²) in [4.78, 5) is 12.8. The van der Waals surface area contributed by atoms with E-state index in [0.29, 0.717) is 23.0 Å². The first kappa shape index (κ1) is 18.6. The van der Waals surface area contributed by atoms with Gasteiger partial charge in [-0.15, -0.1) is 0 Å². The fourth-order valence-electron chi connectivity index (χ4n) is 8.63. The van der Waals surface area contributed by atoms with Crippen LogP contribution in [0.2, 0.25) is 0 Å². The third kappa shape index (κ3) is 2.43. The molecule has 0 aromatic rings. The van der Waals surface area contributed by atoms with Gasteiger partial charge in [0.1, 0.15) is 5.78 Å². The molecule has 1 unspecified atom stereocenters. The normalized spacial score (nSPS) is 51.5. The first-order valence-electron chi connectivity index (χ1n) is 11.7. The van der Waals surface area contributed by atoms with Crippen molar-refractivity contribution in [1.82, 2.24) is 0 Å². The molecule has 0 bridgehead atoms. The summed E-state index contributed by atoms with van der Waals surface area (Å²) in [7, 11) is 0. The number of rotatable bonds is 1. The maximum absolute atomic E-state index is 12.8. The highest BCUT2D eigenvalue weighted by Gasteiger charge is 2.67. The highest BCUT2D eigenvalue weighted by Crippen LogP contribution is 2.69. The van der Waals surface area contributed by atoms with Crippen molar-refractivity contribution in [2.45, 2.75) is 90.8 Å². The molecule has 7 atom stereocenters. The molecule has 5 fully saturated rings. The number of ether oxygens (including phenoxy) is 2. The lowest BCUT2D eigenvalue weighted by Gasteiger charge is -2.59. The van der Waals surface area contributed by atoms with Crippen LogP contribution in [-0.2, 0) is 14.3 Å². The van der Waals surface area contributed by atoms with Gasteiger partial charge in [0.25, 0.3) is 0 Å². The van der Waals surface area contributed by atoms with Crippen molar-refractivity contribution in [3.05, 3.63) is 0 Å². The van der Waals surface area contributed by atoms with E-state index in [-0.39, 0.29) is 11.2 Å². The Hall–Kier alpha value is -0.410. The Bertz CT molecular complexity index is 609. The molecule has 5 aliphatic rings. The largest absolute Gasteiger partial charge is 0.347 e. The van der Waals surface area contributed by atoms with E-state index in [1.54, 1.807) is 0 Å². The summed E-state index contributed by atoms with van der Waals surface area (Å²) >= 11 is 0. The van der Waals surface area contributed by atoms with Crippen molar-refractivity contribution in [3.63, 3.8) is 0 Å². The molecule has 1 heterocycles. The Labute approximate surface area is 164 Å². The van der Waals surface area contributed by atoms with Gasteiger partial charge >= 0.3 is 0 Å². The minimum Gasteiger partial charge on any atom is -0.347 e. The number of ketones is 1. The topological polar surface area (TPSA) is 35.5 Å². The minimum atomic E-state index is -0.285. The van der Waals surface area contributed by atoms with E-state index in [0.717, 1.165) is 56.7 Å². The van der Waals surface area contributed by atoms with Gasteiger partial charge in [-0.2, -0.15) is 0 Å². The number of hydrogen-bond acceptors (Lipinski definition) is 3. The lowest BCUT2D eigenvalue weighted by molar-refractivity contribution is -0.246. The minimum absolute atomic E-state index is 0.195. The number of Topliss-reactive ketones (excluding diaryl/α,β-unsaturated/α-hetero) is 1. The van der Waals surface area contributed by atoms with E-state index in [9.17, 15) is 4.79 Å². The number of hydrogen-bond donors (Lipinski definition) is 0. The number of fused-ring (bicyclic) bond motifs is 6. The molecule has 0 aromatic heterocycles. The van der Waals surface area contributed by atoms with Crippen molar-refractivity contribution >= 4 is 5.78 Å². The van der Waals surface area contributed by atoms with Gasteiger partial charge in [0.2, 0.25) is 0 Å². The average Bonchev–Trinajstić information content (AvgIpc) is 3.21. The Balaban J connectivity index is 1.44. The second kappa shape index (κ2) is 6.29. The molecular formula is C24H38O3. The molecule has 1 spiro atoms. The summed E-state index contributed by atoms with van der Waals surface area (Å²) in [6.45, 7) is 8.79. The van der Waals surface area contributed by atoms with E-state index in [2.05, 4.69) is 20.8 Å². The van der Waals surface area contributed by atoms with Crippen LogP contribution in [0.15, 0.2) is 0 Å². The van der Waals surface area contributed by atoms with Crippen molar-refractivity contribution in [2.75, 3.05) is 13.2 Å². The van der Waals surface area contributed by atoms with E-state index in [1.165, 1.54) is 38.5 Å². The van der Waals surface area contributed by atoms with Gasteiger partial charge in [0.15, 0.2) is 5.79 Å². The van der Waals surface area contributed by atoms with Crippen LogP contribution < -0.4 is 0 Å². The molecule has 0 radical (unpaired) electrons. The molecule has 5 rings (SSSR count). The van der Waals surface area contributed by atoms with Gasteiger partial charge in [0.05, 0.1) is 13.2 Å². The van der Waals surface area contributed by atoms with Crippen LogP contribution in [0.1, 0.15) is 85.0 Å². The van der Waals surface area contributed by atoms with Crippen LogP contribution in [-0.4, -0.2) is 24.8 Å². The highest BCUT2D eigenvalue weighted by atomic mass is 16.7. The zero-order valence-corrected chi connectivity index (χ0v) is 17.6. The molecular weight excluding hydrogens is 336 g/mol. The fourth-order valence-corrected chi connectivity index (χ4v) is 8.63. The third-order valence-electron chi connectivity index (χ3n) is 10.3. The Morgan fingerprint density at radius 3 is 2.41 bits per heavy atom. The maximum atomic E-state index is 12.8. The van der Waals surface area contributed by atoms with Crippen LogP contribution in [0.3, 0.4) is 0 Å². The van der Waals surface area contributed by atoms with E-state index in [4.69, 9.17) is 9.47 Å². The van der Waals surface area contributed by atoms with E-state index >= 15 is 0 Å². The van der Waals surface area contributed by atoms with Gasteiger partial charge in [-0.25, -0.2) is 0 Å². The summed E-state index contributed by atoms with van der Waals surface area (Å²) in [5, 5.41) is 0. The summed E-state index contributed by atoms with van der Waals surface area (Å²) < 4.78 is 12.6. The van der Waals surface area contributed by atoms with Gasteiger partial charge in [-0.05, 0) is 80.5 Å². The number of carbonyl (C=O) groups excluding carboxylic acids is 1. The predicted octanol–water partition coefficient (Wildman–Crippen LogP) is 5.37. The van der Waals surface area contributed by atoms with Crippen LogP contribution in [0.25, 0.3) is 0 Å². The fraction of sp³-hybridized carbons (Fsp3) is 0.958. The molecule has 0 aromatic carbocycles. The first-order chi connectivity index (χ1) is 12.9. The summed E-state index contributed by atoms with van der Waals surface area (Å²) in [5.41, 5.74) is 0.567.